The molecule has 1 aromatic heterocycles. The maximum Gasteiger partial charge on any atom is 0.244 e. The van der Waals surface area contributed by atoms with E-state index in [1.165, 1.54) is 5.56 Å². The topological polar surface area (TPSA) is 64.0 Å². The van der Waals surface area contributed by atoms with E-state index in [4.69, 9.17) is 0 Å². The van der Waals surface area contributed by atoms with E-state index in [0.29, 0.717) is 17.9 Å². The Bertz CT molecular complexity index is 981. The van der Waals surface area contributed by atoms with Crippen molar-refractivity contribution in [2.75, 3.05) is 6.54 Å². The molecule has 6 heteroatoms. The Morgan fingerprint density at radius 1 is 0.926 bits per heavy atom. The molecule has 0 atom stereocenters. The lowest BCUT2D eigenvalue weighted by molar-refractivity contribution is 0.575. The number of rotatable bonds is 8. The summed E-state index contributed by atoms with van der Waals surface area (Å²) in [4.78, 5) is 0.273. The molecule has 0 unspecified atom stereocenters. The molecular formula is C21H25N3O2S. The van der Waals surface area contributed by atoms with Crippen LogP contribution >= 0.6 is 0 Å². The van der Waals surface area contributed by atoms with E-state index in [9.17, 15) is 8.42 Å². The maximum atomic E-state index is 12.8. The third-order valence-electron chi connectivity index (χ3n) is 4.52. The number of aromatic nitrogens is 2. The quantitative estimate of drug-likeness (QED) is 0.602. The highest BCUT2D eigenvalue weighted by Gasteiger charge is 2.24. The fourth-order valence-electron chi connectivity index (χ4n) is 3.22. The number of hydrogen-bond donors (Lipinski definition) is 1. The summed E-state index contributed by atoms with van der Waals surface area (Å²) in [6.07, 6.45) is 2.68. The van der Waals surface area contributed by atoms with Crippen molar-refractivity contribution in [3.8, 4) is 5.69 Å². The van der Waals surface area contributed by atoms with Crippen LogP contribution in [0.15, 0.2) is 65.6 Å². The Morgan fingerprint density at radius 3 is 2.22 bits per heavy atom. The molecule has 0 saturated heterocycles. The van der Waals surface area contributed by atoms with Crippen LogP contribution in [0.5, 0.6) is 0 Å². The zero-order chi connectivity index (χ0) is 19.3. The molecule has 0 aliphatic heterocycles. The Balaban J connectivity index is 1.64. The van der Waals surface area contributed by atoms with Crippen molar-refractivity contribution < 1.29 is 8.42 Å². The zero-order valence-corrected chi connectivity index (χ0v) is 16.5. The molecule has 0 fully saturated rings. The minimum Gasteiger partial charge on any atom is -0.236 e. The van der Waals surface area contributed by atoms with Gasteiger partial charge in [0.25, 0.3) is 0 Å². The molecule has 142 valence electrons. The van der Waals surface area contributed by atoms with Crippen LogP contribution in [-0.4, -0.2) is 24.7 Å². The Labute approximate surface area is 161 Å². The van der Waals surface area contributed by atoms with Gasteiger partial charge in [0.05, 0.1) is 17.1 Å². The van der Waals surface area contributed by atoms with Crippen LogP contribution < -0.4 is 4.72 Å². The lowest BCUT2D eigenvalue weighted by atomic mass is 10.1. The standard InChI is InChI=1S/C21H25N3O2S/c1-17-21(18(2)24(23-17)20-14-7-4-8-15-20)27(25,26)22-16-10-9-13-19-11-5-3-6-12-19/h3-8,11-12,14-15,22H,9-10,13,16H2,1-2H3. The molecular weight excluding hydrogens is 358 g/mol. The van der Waals surface area contributed by atoms with Gasteiger partial charge in [0, 0.05) is 6.54 Å². The van der Waals surface area contributed by atoms with Gasteiger partial charge in [-0.2, -0.15) is 5.10 Å². The monoisotopic (exact) mass is 383 g/mol. The highest BCUT2D eigenvalue weighted by Crippen LogP contribution is 2.22. The fourth-order valence-corrected chi connectivity index (χ4v) is 4.68. The number of nitrogens with zero attached hydrogens (tertiary/aromatic N) is 2. The Kier molecular flexibility index (Phi) is 6.08. The Hall–Kier alpha value is -2.44. The molecule has 0 radical (unpaired) electrons. The summed E-state index contributed by atoms with van der Waals surface area (Å²) < 4.78 is 30.0. The molecule has 1 heterocycles. The van der Waals surface area contributed by atoms with Gasteiger partial charge in [-0.3, -0.25) is 0 Å². The van der Waals surface area contributed by atoms with Crippen LogP contribution in [0.3, 0.4) is 0 Å². The zero-order valence-electron chi connectivity index (χ0n) is 15.7. The molecule has 0 aliphatic carbocycles. The van der Waals surface area contributed by atoms with Gasteiger partial charge < -0.3 is 0 Å². The van der Waals surface area contributed by atoms with E-state index >= 15 is 0 Å². The third-order valence-corrected chi connectivity index (χ3v) is 6.23. The molecule has 0 saturated carbocycles. The molecule has 2 aromatic carbocycles. The van der Waals surface area contributed by atoms with Gasteiger partial charge in [-0.15, -0.1) is 0 Å². The Morgan fingerprint density at radius 2 is 1.56 bits per heavy atom. The first-order valence-corrected chi connectivity index (χ1v) is 10.6. The SMILES string of the molecule is Cc1nn(-c2ccccc2)c(C)c1S(=O)(=O)NCCCCc1ccccc1. The fraction of sp³-hybridized carbons (Fsp3) is 0.286. The summed E-state index contributed by atoms with van der Waals surface area (Å²) in [7, 11) is -3.59. The van der Waals surface area contributed by atoms with Crippen molar-refractivity contribution >= 4 is 10.0 Å². The summed E-state index contributed by atoms with van der Waals surface area (Å²) >= 11 is 0. The minimum atomic E-state index is -3.59. The van der Waals surface area contributed by atoms with Crippen molar-refractivity contribution in [3.63, 3.8) is 0 Å². The predicted octanol–water partition coefficient (Wildman–Crippen LogP) is 3.79. The second-order valence-electron chi connectivity index (χ2n) is 6.59. The van der Waals surface area contributed by atoms with Gasteiger partial charge in [0.2, 0.25) is 10.0 Å². The number of benzene rings is 2. The molecule has 5 nitrogen and oxygen atoms in total. The second kappa shape index (κ2) is 8.50. The molecule has 0 spiro atoms. The summed E-state index contributed by atoms with van der Waals surface area (Å²) in [6, 6.07) is 19.8. The van der Waals surface area contributed by atoms with Crippen LogP contribution in [-0.2, 0) is 16.4 Å². The number of para-hydroxylation sites is 1. The summed E-state index contributed by atoms with van der Waals surface area (Å²) in [5.41, 5.74) is 3.25. The largest absolute Gasteiger partial charge is 0.244 e. The second-order valence-corrected chi connectivity index (χ2v) is 8.29. The molecule has 0 bridgehead atoms. The number of unbranched alkanes of at least 4 members (excludes halogenated alkanes) is 1. The molecule has 3 rings (SSSR count). The number of hydrogen-bond acceptors (Lipinski definition) is 3. The number of sulfonamides is 1. The molecule has 3 aromatic rings. The summed E-state index contributed by atoms with van der Waals surface area (Å²) in [5.74, 6) is 0. The van der Waals surface area contributed by atoms with E-state index in [1.54, 1.807) is 18.5 Å². The van der Waals surface area contributed by atoms with Gasteiger partial charge >= 0.3 is 0 Å². The molecule has 0 aliphatic rings. The summed E-state index contributed by atoms with van der Waals surface area (Å²) in [5, 5.41) is 4.43. The van der Waals surface area contributed by atoms with Gasteiger partial charge in [-0.1, -0.05) is 48.5 Å². The van der Waals surface area contributed by atoms with Crippen LogP contribution in [0, 0.1) is 13.8 Å². The first kappa shape index (κ1) is 19.3. The van der Waals surface area contributed by atoms with Gasteiger partial charge in [-0.05, 0) is 50.8 Å². The van der Waals surface area contributed by atoms with E-state index < -0.39 is 10.0 Å². The van der Waals surface area contributed by atoms with Crippen molar-refractivity contribution in [2.24, 2.45) is 0 Å². The maximum absolute atomic E-state index is 12.8. The minimum absolute atomic E-state index is 0.273. The molecule has 0 amide bonds. The normalized spacial score (nSPS) is 11.6. The van der Waals surface area contributed by atoms with Crippen molar-refractivity contribution in [1.82, 2.24) is 14.5 Å². The van der Waals surface area contributed by atoms with E-state index in [-0.39, 0.29) is 4.90 Å². The van der Waals surface area contributed by atoms with Crippen LogP contribution in [0.1, 0.15) is 29.8 Å². The van der Waals surface area contributed by atoms with Crippen molar-refractivity contribution in [1.29, 1.82) is 0 Å². The lowest BCUT2D eigenvalue weighted by Crippen LogP contribution is -2.26. The first-order chi connectivity index (χ1) is 13.0. The van der Waals surface area contributed by atoms with Crippen LogP contribution in [0.25, 0.3) is 5.69 Å². The van der Waals surface area contributed by atoms with Gasteiger partial charge in [0.15, 0.2) is 0 Å². The highest BCUT2D eigenvalue weighted by atomic mass is 32.2. The summed E-state index contributed by atoms with van der Waals surface area (Å²) in [6.45, 7) is 3.94. The molecule has 1 N–H and O–H groups in total. The molecule has 27 heavy (non-hydrogen) atoms. The van der Waals surface area contributed by atoms with Gasteiger partial charge in [0.1, 0.15) is 4.90 Å². The number of nitrogens with one attached hydrogen (secondary N) is 1. The van der Waals surface area contributed by atoms with E-state index in [1.807, 2.05) is 48.5 Å². The smallest absolute Gasteiger partial charge is 0.236 e. The third kappa shape index (κ3) is 4.64. The average Bonchev–Trinajstić information content (AvgIpc) is 2.98. The van der Waals surface area contributed by atoms with Crippen LogP contribution in [0.2, 0.25) is 0 Å². The average molecular weight is 384 g/mol. The van der Waals surface area contributed by atoms with E-state index in [0.717, 1.165) is 24.9 Å². The lowest BCUT2D eigenvalue weighted by Gasteiger charge is -2.08. The van der Waals surface area contributed by atoms with Crippen LogP contribution in [0.4, 0.5) is 0 Å². The first-order valence-electron chi connectivity index (χ1n) is 9.14. The highest BCUT2D eigenvalue weighted by molar-refractivity contribution is 7.89. The van der Waals surface area contributed by atoms with Gasteiger partial charge in [-0.25, -0.2) is 17.8 Å². The number of aryl methyl sites for hydroxylation is 2. The predicted molar refractivity (Wildman–Crippen MR) is 108 cm³/mol. The van der Waals surface area contributed by atoms with E-state index in [2.05, 4.69) is 22.0 Å². The van der Waals surface area contributed by atoms with Crippen molar-refractivity contribution in [2.45, 2.75) is 38.0 Å². The van der Waals surface area contributed by atoms with Crippen molar-refractivity contribution in [3.05, 3.63) is 77.6 Å².